The number of aromatic amines is 1. The Morgan fingerprint density at radius 2 is 2.29 bits per heavy atom. The summed E-state index contributed by atoms with van der Waals surface area (Å²) in [6, 6.07) is 0.0444. The van der Waals surface area contributed by atoms with Gasteiger partial charge >= 0.3 is 5.69 Å². The molecule has 0 amide bonds. The highest BCUT2D eigenvalue weighted by Gasteiger charge is 2.14. The molecular weight excluding hydrogens is 242 g/mol. The summed E-state index contributed by atoms with van der Waals surface area (Å²) < 4.78 is 1.57. The summed E-state index contributed by atoms with van der Waals surface area (Å²) in [5.74, 6) is 0.677. The molecule has 0 aliphatic rings. The molecule has 7 nitrogen and oxygen atoms in total. The van der Waals surface area contributed by atoms with Gasteiger partial charge in [0.05, 0.1) is 0 Å². The Balaban J connectivity index is 2.74. The first kappa shape index (κ1) is 13.6. The third kappa shape index (κ3) is 3.26. The van der Waals surface area contributed by atoms with Crippen molar-refractivity contribution in [3.63, 3.8) is 0 Å². The molecule has 17 heavy (non-hydrogen) atoms. The monoisotopic (exact) mass is 259 g/mol. The van der Waals surface area contributed by atoms with Crippen molar-refractivity contribution >= 4 is 17.6 Å². The number of amidine groups is 1. The first-order valence-corrected chi connectivity index (χ1v) is 6.23. The number of nitrogens with zero attached hydrogens (tertiary/aromatic N) is 3. The Labute approximate surface area is 103 Å². The molecule has 0 aliphatic heterocycles. The molecule has 4 N–H and O–H groups in total. The van der Waals surface area contributed by atoms with Crippen LogP contribution in [-0.4, -0.2) is 31.6 Å². The van der Waals surface area contributed by atoms with E-state index in [-0.39, 0.29) is 23.5 Å². The lowest BCUT2D eigenvalue weighted by molar-refractivity contribution is 0.315. The second kappa shape index (κ2) is 5.76. The van der Waals surface area contributed by atoms with E-state index in [1.54, 1.807) is 4.57 Å². The van der Waals surface area contributed by atoms with E-state index >= 15 is 0 Å². The van der Waals surface area contributed by atoms with Gasteiger partial charge in [0.25, 0.3) is 0 Å². The van der Waals surface area contributed by atoms with Gasteiger partial charge in [0, 0.05) is 17.7 Å². The number of oxime groups is 1. The van der Waals surface area contributed by atoms with Gasteiger partial charge in [0.15, 0.2) is 5.16 Å². The molecule has 0 aliphatic carbocycles. The van der Waals surface area contributed by atoms with Crippen LogP contribution in [0.1, 0.15) is 26.8 Å². The molecule has 0 bridgehead atoms. The zero-order chi connectivity index (χ0) is 13.0. The Kier molecular flexibility index (Phi) is 4.62. The van der Waals surface area contributed by atoms with Crippen molar-refractivity contribution in [2.24, 2.45) is 16.8 Å². The molecule has 0 radical (unpaired) electrons. The number of hydrogen-bond acceptors (Lipinski definition) is 5. The lowest BCUT2D eigenvalue weighted by Gasteiger charge is -2.11. The van der Waals surface area contributed by atoms with Gasteiger partial charge in [-0.25, -0.2) is 9.89 Å². The Hall–Kier alpha value is -1.44. The fraction of sp³-hybridized carbons (Fsp3) is 0.667. The van der Waals surface area contributed by atoms with E-state index in [1.807, 2.05) is 20.8 Å². The zero-order valence-electron chi connectivity index (χ0n) is 10.0. The minimum atomic E-state index is -0.223. The Morgan fingerprint density at radius 3 is 2.82 bits per heavy atom. The van der Waals surface area contributed by atoms with Crippen LogP contribution in [0.5, 0.6) is 0 Å². The minimum Gasteiger partial charge on any atom is -0.409 e. The van der Waals surface area contributed by atoms with Gasteiger partial charge in [-0.15, -0.1) is 5.10 Å². The van der Waals surface area contributed by atoms with Crippen LogP contribution >= 0.6 is 11.8 Å². The maximum Gasteiger partial charge on any atom is 0.344 e. The van der Waals surface area contributed by atoms with Crippen LogP contribution < -0.4 is 11.4 Å². The number of nitrogens with two attached hydrogens (primary N) is 1. The molecular formula is C9H17N5O2S. The average Bonchev–Trinajstić information content (AvgIpc) is 2.66. The topological polar surface area (TPSA) is 109 Å². The molecule has 8 heteroatoms. The second-order valence-corrected chi connectivity index (χ2v) is 5.00. The van der Waals surface area contributed by atoms with Gasteiger partial charge in [0.1, 0.15) is 5.84 Å². The summed E-state index contributed by atoms with van der Waals surface area (Å²) in [7, 11) is 0. The molecule has 0 fully saturated rings. The summed E-state index contributed by atoms with van der Waals surface area (Å²) in [6.07, 6.45) is 0. The van der Waals surface area contributed by atoms with Crippen molar-refractivity contribution in [2.75, 3.05) is 5.75 Å². The minimum absolute atomic E-state index is 0.0444. The van der Waals surface area contributed by atoms with Crippen molar-refractivity contribution in [1.82, 2.24) is 14.8 Å². The van der Waals surface area contributed by atoms with Crippen LogP contribution in [0.25, 0.3) is 0 Å². The summed E-state index contributed by atoms with van der Waals surface area (Å²) in [4.78, 5) is 11.5. The molecule has 0 aromatic carbocycles. The maximum atomic E-state index is 11.5. The summed E-state index contributed by atoms with van der Waals surface area (Å²) >= 11 is 1.40. The molecule has 1 atom stereocenters. The number of rotatable bonds is 5. The molecule has 1 unspecified atom stereocenters. The van der Waals surface area contributed by atoms with Crippen molar-refractivity contribution < 1.29 is 5.21 Å². The molecule has 0 spiro atoms. The fourth-order valence-electron chi connectivity index (χ4n) is 1.23. The fourth-order valence-corrected chi connectivity index (χ4v) is 2.34. The first-order chi connectivity index (χ1) is 7.97. The molecule has 96 valence electrons. The molecule has 1 aromatic rings. The van der Waals surface area contributed by atoms with Gasteiger partial charge in [-0.2, -0.15) is 0 Å². The van der Waals surface area contributed by atoms with Crippen LogP contribution in [0.2, 0.25) is 0 Å². The summed E-state index contributed by atoms with van der Waals surface area (Å²) in [6.45, 7) is 5.66. The molecule has 1 aromatic heterocycles. The Morgan fingerprint density at radius 1 is 1.65 bits per heavy atom. The smallest absolute Gasteiger partial charge is 0.344 e. The summed E-state index contributed by atoms with van der Waals surface area (Å²) in [5.41, 5.74) is 5.25. The van der Waals surface area contributed by atoms with E-state index in [0.717, 1.165) is 0 Å². The van der Waals surface area contributed by atoms with Gasteiger partial charge in [-0.3, -0.25) is 4.57 Å². The van der Waals surface area contributed by atoms with Crippen molar-refractivity contribution in [3.8, 4) is 0 Å². The third-order valence-electron chi connectivity index (χ3n) is 2.27. The molecule has 0 saturated carbocycles. The predicted octanol–water partition coefficient (Wildman–Crippen LogP) is 0.627. The van der Waals surface area contributed by atoms with Gasteiger partial charge in [-0.1, -0.05) is 23.8 Å². The lowest BCUT2D eigenvalue weighted by Crippen LogP contribution is -2.23. The number of nitrogens with one attached hydrogen (secondary N) is 1. The van der Waals surface area contributed by atoms with Crippen LogP contribution in [0, 0.1) is 5.92 Å². The zero-order valence-corrected chi connectivity index (χ0v) is 10.9. The number of aromatic nitrogens is 3. The van der Waals surface area contributed by atoms with Crippen molar-refractivity contribution in [1.29, 1.82) is 0 Å². The van der Waals surface area contributed by atoms with Gasteiger partial charge < -0.3 is 10.9 Å². The van der Waals surface area contributed by atoms with E-state index < -0.39 is 0 Å². The Bertz CT molecular complexity index is 450. The highest BCUT2D eigenvalue weighted by Crippen LogP contribution is 2.19. The predicted molar refractivity (Wildman–Crippen MR) is 66.5 cm³/mol. The molecule has 1 heterocycles. The van der Waals surface area contributed by atoms with Crippen LogP contribution in [0.15, 0.2) is 15.1 Å². The van der Waals surface area contributed by atoms with E-state index in [2.05, 4.69) is 15.4 Å². The molecule has 1 rings (SSSR count). The summed E-state index contributed by atoms with van der Waals surface area (Å²) in [5, 5.41) is 18.4. The normalized spacial score (nSPS) is 14.2. The maximum absolute atomic E-state index is 11.5. The SMILES string of the molecule is CC(CSc1n[nH]c(=O)n1C(C)C)/C(N)=N/O. The average molecular weight is 259 g/mol. The van der Waals surface area contributed by atoms with E-state index in [9.17, 15) is 4.79 Å². The van der Waals surface area contributed by atoms with E-state index in [4.69, 9.17) is 10.9 Å². The number of H-pyrrole nitrogens is 1. The quantitative estimate of drug-likeness (QED) is 0.236. The van der Waals surface area contributed by atoms with Crippen molar-refractivity contribution in [3.05, 3.63) is 10.5 Å². The van der Waals surface area contributed by atoms with E-state index in [0.29, 0.717) is 10.9 Å². The van der Waals surface area contributed by atoms with Crippen LogP contribution in [-0.2, 0) is 0 Å². The first-order valence-electron chi connectivity index (χ1n) is 5.24. The van der Waals surface area contributed by atoms with Gasteiger partial charge in [-0.05, 0) is 13.8 Å². The lowest BCUT2D eigenvalue weighted by atomic mass is 10.2. The van der Waals surface area contributed by atoms with E-state index in [1.165, 1.54) is 11.8 Å². The third-order valence-corrected chi connectivity index (χ3v) is 3.48. The van der Waals surface area contributed by atoms with Crippen molar-refractivity contribution in [2.45, 2.75) is 32.0 Å². The largest absolute Gasteiger partial charge is 0.409 e. The molecule has 0 saturated heterocycles. The highest BCUT2D eigenvalue weighted by atomic mass is 32.2. The number of hydrogen-bond donors (Lipinski definition) is 3. The number of thioether (sulfide) groups is 1. The second-order valence-electron chi connectivity index (χ2n) is 4.01. The highest BCUT2D eigenvalue weighted by molar-refractivity contribution is 7.99. The van der Waals surface area contributed by atoms with Gasteiger partial charge in [0.2, 0.25) is 0 Å². The van der Waals surface area contributed by atoms with Crippen LogP contribution in [0.3, 0.4) is 0 Å². The standard InChI is InChI=1S/C9H17N5O2S/c1-5(2)14-8(15)11-12-9(14)17-4-6(3)7(10)13-16/h5-6,16H,4H2,1-3H3,(H2,10,13)(H,11,15). The van der Waals surface area contributed by atoms with Crippen LogP contribution in [0.4, 0.5) is 0 Å².